The Balaban J connectivity index is 1.57. The van der Waals surface area contributed by atoms with Gasteiger partial charge in [0.25, 0.3) is 5.82 Å². The van der Waals surface area contributed by atoms with Crippen LogP contribution in [0.25, 0.3) is 0 Å². The Labute approximate surface area is 142 Å². The Morgan fingerprint density at radius 1 is 1.08 bits per heavy atom. The standard InChI is InChI=1S/C16H18F3N3O3/c17-16(18,19)10-1-4-13(20-9-10)21-5-7-22(8-6-21)14(23)11-2-3-12(11)15(24)25/h1,4,9,11-12H,2-3,5-8H2,(H,24,25)/t11-,12+/m1/s1. The molecule has 1 saturated heterocycles. The second-order valence-electron chi connectivity index (χ2n) is 6.38. The van der Waals surface area contributed by atoms with Crippen LogP contribution in [0, 0.1) is 11.8 Å². The molecule has 0 unspecified atom stereocenters. The van der Waals surface area contributed by atoms with Crippen molar-refractivity contribution in [2.45, 2.75) is 19.0 Å². The van der Waals surface area contributed by atoms with Crippen LogP contribution in [0.2, 0.25) is 0 Å². The van der Waals surface area contributed by atoms with Crippen molar-refractivity contribution in [3.05, 3.63) is 23.9 Å². The molecule has 1 saturated carbocycles. The number of alkyl halides is 3. The first-order valence-electron chi connectivity index (χ1n) is 8.11. The van der Waals surface area contributed by atoms with Gasteiger partial charge in [0.15, 0.2) is 0 Å². The quantitative estimate of drug-likeness (QED) is 0.760. The maximum absolute atomic E-state index is 12.6. The Morgan fingerprint density at radius 3 is 2.16 bits per heavy atom. The van der Waals surface area contributed by atoms with Crippen molar-refractivity contribution in [2.24, 2.45) is 11.8 Å². The molecule has 1 aromatic heterocycles. The molecule has 2 heterocycles. The minimum absolute atomic E-state index is 0.170. The van der Waals surface area contributed by atoms with Gasteiger partial charge in [0.1, 0.15) is 19.3 Å². The highest BCUT2D eigenvalue weighted by Crippen LogP contribution is 2.35. The molecule has 6 nitrogen and oxygen atoms in total. The summed E-state index contributed by atoms with van der Waals surface area (Å²) in [6.07, 6.45) is -2.44. The molecule has 2 atom stereocenters. The number of amides is 1. The molecule has 0 radical (unpaired) electrons. The number of carbonyl (C=O) groups excluding carboxylic acids is 2. The molecule has 2 aliphatic rings. The fourth-order valence-corrected chi connectivity index (χ4v) is 3.27. The van der Waals surface area contributed by atoms with Crippen LogP contribution in [0.1, 0.15) is 18.4 Å². The number of aliphatic carboxylic acids is 1. The van der Waals surface area contributed by atoms with Crippen molar-refractivity contribution in [1.82, 2.24) is 4.90 Å². The topological polar surface area (TPSA) is 77.8 Å². The van der Waals surface area contributed by atoms with E-state index < -0.39 is 29.5 Å². The number of carboxylic acids is 1. The maximum Gasteiger partial charge on any atom is 0.419 e. The number of hydrogen-bond donors (Lipinski definition) is 0. The number of pyridine rings is 1. The summed E-state index contributed by atoms with van der Waals surface area (Å²) >= 11 is 0. The first kappa shape index (κ1) is 17.5. The summed E-state index contributed by atoms with van der Waals surface area (Å²) in [6.45, 7) is 1.75. The number of H-pyrrole nitrogens is 1. The lowest BCUT2D eigenvalue weighted by Crippen LogP contribution is -2.55. The highest BCUT2D eigenvalue weighted by Gasteiger charge is 2.41. The van der Waals surface area contributed by atoms with E-state index in [1.165, 1.54) is 6.07 Å². The molecule has 1 aliphatic heterocycles. The van der Waals surface area contributed by atoms with E-state index in [4.69, 9.17) is 0 Å². The molecule has 25 heavy (non-hydrogen) atoms. The predicted molar refractivity (Wildman–Crippen MR) is 78.0 cm³/mol. The molecular formula is C16H18F3N3O3. The Hall–Kier alpha value is -2.32. The number of aromatic nitrogens is 1. The van der Waals surface area contributed by atoms with Crippen molar-refractivity contribution in [2.75, 3.05) is 31.1 Å². The number of nitrogens with one attached hydrogen (secondary N) is 1. The first-order chi connectivity index (χ1) is 11.8. The summed E-state index contributed by atoms with van der Waals surface area (Å²) in [6, 6.07) is 2.39. The maximum atomic E-state index is 12.6. The Morgan fingerprint density at radius 2 is 1.72 bits per heavy atom. The second kappa shape index (κ2) is 6.53. The lowest BCUT2D eigenvalue weighted by molar-refractivity contribution is -0.367. The molecule has 1 N–H and O–H groups in total. The zero-order chi connectivity index (χ0) is 18.2. The molecule has 1 amide bonds. The zero-order valence-corrected chi connectivity index (χ0v) is 13.4. The van der Waals surface area contributed by atoms with Gasteiger partial charge >= 0.3 is 6.18 Å². The minimum atomic E-state index is -4.39. The van der Waals surface area contributed by atoms with Crippen LogP contribution in [0.15, 0.2) is 18.3 Å². The van der Waals surface area contributed by atoms with Gasteiger partial charge in [-0.25, -0.2) is 4.98 Å². The predicted octanol–water partition coefficient (Wildman–Crippen LogP) is -0.0558. The van der Waals surface area contributed by atoms with Gasteiger partial charge in [0, 0.05) is 23.9 Å². The monoisotopic (exact) mass is 357 g/mol. The van der Waals surface area contributed by atoms with Crippen molar-refractivity contribution in [3.8, 4) is 0 Å². The molecule has 9 heteroatoms. The van der Waals surface area contributed by atoms with Gasteiger partial charge in [-0.1, -0.05) is 0 Å². The van der Waals surface area contributed by atoms with Gasteiger partial charge in [0.2, 0.25) is 5.91 Å². The van der Waals surface area contributed by atoms with Crippen LogP contribution in [-0.2, 0) is 15.8 Å². The summed E-state index contributed by atoms with van der Waals surface area (Å²) in [5.41, 5.74) is -0.747. The molecule has 136 valence electrons. The average molecular weight is 357 g/mol. The number of piperazine rings is 1. The number of carbonyl (C=O) groups is 2. The smallest absolute Gasteiger partial charge is 0.419 e. The number of hydrogen-bond acceptors (Lipinski definition) is 4. The largest absolute Gasteiger partial charge is 0.550 e. The van der Waals surface area contributed by atoms with Crippen molar-refractivity contribution in [1.29, 1.82) is 0 Å². The summed E-state index contributed by atoms with van der Waals surface area (Å²) < 4.78 is 37.7. The summed E-state index contributed by atoms with van der Waals surface area (Å²) in [5, 5.41) is 10.9. The van der Waals surface area contributed by atoms with E-state index in [2.05, 4.69) is 4.98 Å². The molecule has 3 rings (SSSR count). The SMILES string of the molecule is O=C([O-])[C@H]1CC[C@H]1C(=O)N1CCN(c2ccc(C(F)(F)F)c[nH+]2)CC1. The van der Waals surface area contributed by atoms with E-state index in [1.54, 1.807) is 4.90 Å². The summed E-state index contributed by atoms with van der Waals surface area (Å²) in [4.78, 5) is 29.4. The summed E-state index contributed by atoms with van der Waals surface area (Å²) in [5.74, 6) is -2.00. The van der Waals surface area contributed by atoms with Crippen LogP contribution >= 0.6 is 0 Å². The molecule has 0 spiro atoms. The number of aromatic amines is 1. The molecule has 0 bridgehead atoms. The summed E-state index contributed by atoms with van der Waals surface area (Å²) in [7, 11) is 0. The number of rotatable bonds is 3. The fourth-order valence-electron chi connectivity index (χ4n) is 3.27. The third-order valence-electron chi connectivity index (χ3n) is 4.95. The third kappa shape index (κ3) is 3.54. The highest BCUT2D eigenvalue weighted by molar-refractivity contribution is 5.86. The molecule has 2 fully saturated rings. The zero-order valence-electron chi connectivity index (χ0n) is 13.4. The minimum Gasteiger partial charge on any atom is -0.550 e. The number of carboxylic acid groups (broad SMARTS) is 1. The Bertz CT molecular complexity index is 655. The van der Waals surface area contributed by atoms with Crippen LogP contribution in [0.3, 0.4) is 0 Å². The molecule has 0 aromatic carbocycles. The first-order valence-corrected chi connectivity index (χ1v) is 8.11. The van der Waals surface area contributed by atoms with E-state index in [-0.39, 0.29) is 5.91 Å². The van der Waals surface area contributed by atoms with Gasteiger partial charge in [-0.05, 0) is 18.9 Å². The molecule has 1 aliphatic carbocycles. The lowest BCUT2D eigenvalue weighted by atomic mass is 9.73. The highest BCUT2D eigenvalue weighted by atomic mass is 19.4. The van der Waals surface area contributed by atoms with Gasteiger partial charge in [-0.3, -0.25) is 9.69 Å². The number of halogens is 3. The van der Waals surface area contributed by atoms with E-state index >= 15 is 0 Å². The van der Waals surface area contributed by atoms with Crippen molar-refractivity contribution >= 4 is 17.7 Å². The van der Waals surface area contributed by atoms with Gasteiger partial charge < -0.3 is 14.8 Å². The number of anilines is 1. The normalized spacial score (nSPS) is 24.0. The van der Waals surface area contributed by atoms with Gasteiger partial charge in [0.05, 0.1) is 18.7 Å². The van der Waals surface area contributed by atoms with Gasteiger partial charge in [-0.2, -0.15) is 13.2 Å². The molecular weight excluding hydrogens is 339 g/mol. The number of nitrogens with zero attached hydrogens (tertiary/aromatic N) is 2. The fraction of sp³-hybridized carbons (Fsp3) is 0.562. The lowest BCUT2D eigenvalue weighted by Gasteiger charge is -2.40. The van der Waals surface area contributed by atoms with E-state index in [9.17, 15) is 27.9 Å². The second-order valence-corrected chi connectivity index (χ2v) is 6.38. The van der Waals surface area contributed by atoms with Crippen molar-refractivity contribution in [3.63, 3.8) is 0 Å². The van der Waals surface area contributed by atoms with Crippen LogP contribution in [-0.4, -0.2) is 43.0 Å². The van der Waals surface area contributed by atoms with Crippen LogP contribution < -0.4 is 15.0 Å². The molecule has 1 aromatic rings. The Kier molecular flexibility index (Phi) is 4.57. The van der Waals surface area contributed by atoms with Crippen LogP contribution in [0.4, 0.5) is 19.0 Å². The van der Waals surface area contributed by atoms with Gasteiger partial charge in [-0.15, -0.1) is 0 Å². The van der Waals surface area contributed by atoms with E-state index in [1.807, 2.05) is 4.90 Å². The average Bonchev–Trinajstić information content (AvgIpc) is 2.52. The van der Waals surface area contributed by atoms with Crippen molar-refractivity contribution < 1.29 is 32.9 Å². The van der Waals surface area contributed by atoms with Crippen LogP contribution in [0.5, 0.6) is 0 Å². The van der Waals surface area contributed by atoms with E-state index in [0.717, 1.165) is 12.3 Å². The van der Waals surface area contributed by atoms with E-state index in [0.29, 0.717) is 44.8 Å². The third-order valence-corrected chi connectivity index (χ3v) is 4.95.